The predicted molar refractivity (Wildman–Crippen MR) is 66.6 cm³/mol. The summed E-state index contributed by atoms with van der Waals surface area (Å²) in [6.45, 7) is 7.54. The van der Waals surface area contributed by atoms with Crippen LogP contribution >= 0.6 is 0 Å². The lowest BCUT2D eigenvalue weighted by molar-refractivity contribution is 0.670. The standard InChI is InChI=1S/C14H18N2/c1-11-10-16(13(3)12(11)2)9-7-14-6-4-5-8-15-14/h4-6,8,10H,7,9H2,1-3H3. The first-order chi connectivity index (χ1) is 7.68. The highest BCUT2D eigenvalue weighted by molar-refractivity contribution is 5.28. The van der Waals surface area contributed by atoms with Crippen LogP contribution in [0.5, 0.6) is 0 Å². The third kappa shape index (κ3) is 2.16. The summed E-state index contributed by atoms with van der Waals surface area (Å²) in [7, 11) is 0. The Morgan fingerprint density at radius 2 is 2.00 bits per heavy atom. The predicted octanol–water partition coefficient (Wildman–Crippen LogP) is 3.05. The van der Waals surface area contributed by atoms with Gasteiger partial charge in [-0.25, -0.2) is 0 Å². The number of aryl methyl sites for hydroxylation is 3. The van der Waals surface area contributed by atoms with Gasteiger partial charge in [0.15, 0.2) is 0 Å². The van der Waals surface area contributed by atoms with Gasteiger partial charge >= 0.3 is 0 Å². The number of pyridine rings is 1. The molecule has 0 unspecified atom stereocenters. The summed E-state index contributed by atoms with van der Waals surface area (Å²) in [4.78, 5) is 4.34. The van der Waals surface area contributed by atoms with Crippen molar-refractivity contribution in [2.75, 3.05) is 0 Å². The smallest absolute Gasteiger partial charge is 0.0421 e. The summed E-state index contributed by atoms with van der Waals surface area (Å²) in [6, 6.07) is 6.08. The Kier molecular flexibility index (Phi) is 3.09. The molecule has 84 valence electrons. The Hall–Kier alpha value is -1.57. The first kappa shape index (κ1) is 10.9. The van der Waals surface area contributed by atoms with Crippen molar-refractivity contribution >= 4 is 0 Å². The number of hydrogen-bond donors (Lipinski definition) is 0. The Labute approximate surface area is 97.0 Å². The zero-order chi connectivity index (χ0) is 11.5. The maximum absolute atomic E-state index is 4.34. The number of rotatable bonds is 3. The van der Waals surface area contributed by atoms with E-state index >= 15 is 0 Å². The highest BCUT2D eigenvalue weighted by atomic mass is 15.0. The molecule has 0 fully saturated rings. The fourth-order valence-corrected chi connectivity index (χ4v) is 1.94. The summed E-state index contributed by atoms with van der Waals surface area (Å²) in [5.41, 5.74) is 5.30. The molecule has 2 rings (SSSR count). The molecule has 0 N–H and O–H groups in total. The molecule has 0 bridgehead atoms. The fourth-order valence-electron chi connectivity index (χ4n) is 1.94. The second kappa shape index (κ2) is 4.52. The van der Waals surface area contributed by atoms with Crippen LogP contribution in [0.4, 0.5) is 0 Å². The quantitative estimate of drug-likeness (QED) is 0.768. The van der Waals surface area contributed by atoms with Crippen LogP contribution in [0.15, 0.2) is 30.6 Å². The number of hydrogen-bond acceptors (Lipinski definition) is 1. The molecule has 0 saturated heterocycles. The molecule has 0 aliphatic rings. The summed E-state index contributed by atoms with van der Waals surface area (Å²) in [5.74, 6) is 0. The Balaban J connectivity index is 2.08. The molecule has 2 heteroatoms. The lowest BCUT2D eigenvalue weighted by Crippen LogP contribution is -2.03. The van der Waals surface area contributed by atoms with E-state index in [0.717, 1.165) is 18.7 Å². The van der Waals surface area contributed by atoms with Crippen LogP contribution in [0.2, 0.25) is 0 Å². The van der Waals surface area contributed by atoms with Crippen LogP contribution in [0.3, 0.4) is 0 Å². The highest BCUT2D eigenvalue weighted by Crippen LogP contribution is 2.14. The minimum atomic E-state index is 0.995. The third-order valence-corrected chi connectivity index (χ3v) is 3.25. The molecule has 2 nitrogen and oxygen atoms in total. The second-order valence-electron chi connectivity index (χ2n) is 4.29. The zero-order valence-corrected chi connectivity index (χ0v) is 10.2. The monoisotopic (exact) mass is 214 g/mol. The van der Waals surface area contributed by atoms with E-state index in [2.05, 4.69) is 42.6 Å². The molecule has 2 aromatic rings. The van der Waals surface area contributed by atoms with E-state index in [4.69, 9.17) is 0 Å². The van der Waals surface area contributed by atoms with E-state index in [0.29, 0.717) is 0 Å². The molecule has 0 radical (unpaired) electrons. The number of aromatic nitrogens is 2. The molecular formula is C14H18N2. The van der Waals surface area contributed by atoms with Crippen LogP contribution in [0.25, 0.3) is 0 Å². The minimum Gasteiger partial charge on any atom is -0.351 e. The molecule has 0 atom stereocenters. The molecule has 2 aromatic heterocycles. The Morgan fingerprint density at radius 3 is 2.56 bits per heavy atom. The van der Waals surface area contributed by atoms with Gasteiger partial charge in [0, 0.05) is 36.7 Å². The molecular weight excluding hydrogens is 196 g/mol. The SMILES string of the molecule is Cc1cn(CCc2ccccn2)c(C)c1C. The average Bonchev–Trinajstić information content (AvgIpc) is 2.56. The topological polar surface area (TPSA) is 17.8 Å². The van der Waals surface area contributed by atoms with Crippen molar-refractivity contribution in [3.05, 3.63) is 53.1 Å². The van der Waals surface area contributed by atoms with Gasteiger partial charge in [-0.15, -0.1) is 0 Å². The van der Waals surface area contributed by atoms with E-state index in [9.17, 15) is 0 Å². The van der Waals surface area contributed by atoms with Gasteiger partial charge in [0.05, 0.1) is 0 Å². The van der Waals surface area contributed by atoms with Gasteiger partial charge in [-0.05, 0) is 44.0 Å². The van der Waals surface area contributed by atoms with Crippen molar-refractivity contribution in [1.29, 1.82) is 0 Å². The van der Waals surface area contributed by atoms with E-state index in [1.807, 2.05) is 18.3 Å². The lowest BCUT2D eigenvalue weighted by Gasteiger charge is -2.05. The molecule has 0 aromatic carbocycles. The second-order valence-corrected chi connectivity index (χ2v) is 4.29. The fraction of sp³-hybridized carbons (Fsp3) is 0.357. The van der Waals surface area contributed by atoms with Gasteiger partial charge in [-0.3, -0.25) is 4.98 Å². The third-order valence-electron chi connectivity index (χ3n) is 3.25. The lowest BCUT2D eigenvalue weighted by atomic mass is 10.2. The van der Waals surface area contributed by atoms with Gasteiger partial charge in [0.1, 0.15) is 0 Å². The maximum Gasteiger partial charge on any atom is 0.0421 e. The normalized spacial score (nSPS) is 10.7. The van der Waals surface area contributed by atoms with Crippen molar-refractivity contribution in [1.82, 2.24) is 9.55 Å². The summed E-state index contributed by atoms with van der Waals surface area (Å²) in [5, 5.41) is 0. The van der Waals surface area contributed by atoms with Crippen LogP contribution < -0.4 is 0 Å². The summed E-state index contributed by atoms with van der Waals surface area (Å²) >= 11 is 0. The summed E-state index contributed by atoms with van der Waals surface area (Å²) in [6.07, 6.45) is 5.08. The van der Waals surface area contributed by atoms with Crippen molar-refractivity contribution in [3.8, 4) is 0 Å². The minimum absolute atomic E-state index is 0.995. The van der Waals surface area contributed by atoms with Gasteiger partial charge in [-0.1, -0.05) is 6.07 Å². The molecule has 0 aliphatic heterocycles. The van der Waals surface area contributed by atoms with Crippen molar-refractivity contribution in [3.63, 3.8) is 0 Å². The van der Waals surface area contributed by atoms with E-state index in [1.165, 1.54) is 16.8 Å². The molecule has 0 aliphatic carbocycles. The van der Waals surface area contributed by atoms with Crippen LogP contribution in [0.1, 0.15) is 22.5 Å². The molecule has 0 spiro atoms. The Morgan fingerprint density at radius 1 is 1.19 bits per heavy atom. The molecule has 16 heavy (non-hydrogen) atoms. The van der Waals surface area contributed by atoms with Crippen LogP contribution in [0, 0.1) is 20.8 Å². The first-order valence-electron chi connectivity index (χ1n) is 5.71. The summed E-state index contributed by atoms with van der Waals surface area (Å²) < 4.78 is 2.32. The Bertz CT molecular complexity index is 469. The molecule has 2 heterocycles. The average molecular weight is 214 g/mol. The van der Waals surface area contributed by atoms with Crippen LogP contribution in [-0.2, 0) is 13.0 Å². The van der Waals surface area contributed by atoms with E-state index < -0.39 is 0 Å². The van der Waals surface area contributed by atoms with E-state index in [1.54, 1.807) is 0 Å². The van der Waals surface area contributed by atoms with Crippen molar-refractivity contribution in [2.45, 2.75) is 33.7 Å². The van der Waals surface area contributed by atoms with E-state index in [-0.39, 0.29) is 0 Å². The highest BCUT2D eigenvalue weighted by Gasteiger charge is 2.04. The largest absolute Gasteiger partial charge is 0.351 e. The zero-order valence-electron chi connectivity index (χ0n) is 10.2. The van der Waals surface area contributed by atoms with Crippen molar-refractivity contribution in [2.24, 2.45) is 0 Å². The van der Waals surface area contributed by atoms with Crippen molar-refractivity contribution < 1.29 is 0 Å². The molecule has 0 amide bonds. The van der Waals surface area contributed by atoms with Gasteiger partial charge in [-0.2, -0.15) is 0 Å². The maximum atomic E-state index is 4.34. The van der Waals surface area contributed by atoms with Gasteiger partial charge in [0.2, 0.25) is 0 Å². The number of nitrogens with zero attached hydrogens (tertiary/aromatic N) is 2. The van der Waals surface area contributed by atoms with Gasteiger partial charge < -0.3 is 4.57 Å². The first-order valence-corrected chi connectivity index (χ1v) is 5.71. The molecule has 0 saturated carbocycles. The van der Waals surface area contributed by atoms with Gasteiger partial charge in [0.25, 0.3) is 0 Å². The van der Waals surface area contributed by atoms with Crippen LogP contribution in [-0.4, -0.2) is 9.55 Å².